The highest BCUT2D eigenvalue weighted by Gasteiger charge is 2.77. The third kappa shape index (κ3) is 2.99. The van der Waals surface area contributed by atoms with E-state index in [1.807, 2.05) is 0 Å². The molecule has 0 amide bonds. The number of ketones is 2. The van der Waals surface area contributed by atoms with Crippen LogP contribution < -0.4 is 0 Å². The number of carbonyl (C=O) groups is 3. The zero-order chi connectivity index (χ0) is 26.1. The fourth-order valence-corrected chi connectivity index (χ4v) is 8.30. The Bertz CT molecular complexity index is 1180. The summed E-state index contributed by atoms with van der Waals surface area (Å²) in [5.74, 6) is -3.01. The van der Waals surface area contributed by atoms with E-state index in [4.69, 9.17) is 4.74 Å². The number of halogens is 1. The van der Waals surface area contributed by atoms with E-state index in [-0.39, 0.29) is 23.7 Å². The molecule has 0 bridgehead atoms. The van der Waals surface area contributed by atoms with Crippen LogP contribution in [0.5, 0.6) is 0 Å². The average molecular weight is 497 g/mol. The predicted molar refractivity (Wildman–Crippen MR) is 130 cm³/mol. The summed E-state index contributed by atoms with van der Waals surface area (Å²) >= 11 is 0. The summed E-state index contributed by atoms with van der Waals surface area (Å²) in [5, 5.41) is 21.5. The first-order valence-corrected chi connectivity index (χ1v) is 12.7. The van der Waals surface area contributed by atoms with E-state index in [1.54, 1.807) is 57.2 Å². The number of aliphatic hydroxyl groups excluding tert-OH is 2. The number of Topliss-reactive ketones (excluding diaryl/α,β-unsaturated/α-hetero) is 1. The van der Waals surface area contributed by atoms with Gasteiger partial charge in [0.1, 0.15) is 6.61 Å². The molecule has 3 saturated carbocycles. The zero-order valence-electron chi connectivity index (χ0n) is 20.9. The van der Waals surface area contributed by atoms with Gasteiger partial charge < -0.3 is 14.9 Å². The Balaban J connectivity index is 1.61. The molecule has 0 heterocycles. The van der Waals surface area contributed by atoms with Gasteiger partial charge in [0.25, 0.3) is 0 Å². The number of hydrogen-bond donors (Lipinski definition) is 2. The first-order chi connectivity index (χ1) is 17.0. The number of aliphatic hydroxyl groups is 2. The van der Waals surface area contributed by atoms with Crippen molar-refractivity contribution >= 4 is 17.5 Å². The summed E-state index contributed by atoms with van der Waals surface area (Å²) in [6.45, 7) is 4.51. The minimum absolute atomic E-state index is 0.118. The fourth-order valence-electron chi connectivity index (χ4n) is 8.30. The number of esters is 1. The molecule has 0 saturated heterocycles. The summed E-state index contributed by atoms with van der Waals surface area (Å²) in [6.07, 6.45) is 4.16. The van der Waals surface area contributed by atoms with Crippen LogP contribution >= 0.6 is 0 Å². The van der Waals surface area contributed by atoms with Gasteiger partial charge in [0.2, 0.25) is 5.78 Å². The number of alkyl halides is 1. The normalized spacial score (nSPS) is 43.2. The van der Waals surface area contributed by atoms with Gasteiger partial charge in [0, 0.05) is 22.7 Å². The highest BCUT2D eigenvalue weighted by atomic mass is 19.1. The molecule has 5 rings (SSSR count). The molecule has 7 heteroatoms. The van der Waals surface area contributed by atoms with E-state index in [1.165, 1.54) is 12.2 Å². The molecule has 3 fully saturated rings. The molecule has 1 aromatic rings. The van der Waals surface area contributed by atoms with Gasteiger partial charge in [-0.1, -0.05) is 43.7 Å². The van der Waals surface area contributed by atoms with Crippen molar-refractivity contribution in [1.29, 1.82) is 0 Å². The predicted octanol–water partition coefficient (Wildman–Crippen LogP) is 3.76. The van der Waals surface area contributed by atoms with Crippen LogP contribution in [0.15, 0.2) is 54.1 Å². The highest BCUT2D eigenvalue weighted by molar-refractivity contribution is 6.01. The molecule has 0 aliphatic heterocycles. The Kier molecular flexibility index (Phi) is 5.69. The molecule has 8 atom stereocenters. The summed E-state index contributed by atoms with van der Waals surface area (Å²) in [4.78, 5) is 38.8. The lowest BCUT2D eigenvalue weighted by atomic mass is 9.44. The highest BCUT2D eigenvalue weighted by Crippen LogP contribution is 2.71. The Morgan fingerprint density at radius 3 is 2.53 bits per heavy atom. The second kappa shape index (κ2) is 8.18. The molecule has 2 N–H and O–H groups in total. The molecule has 4 aliphatic carbocycles. The van der Waals surface area contributed by atoms with E-state index < -0.39 is 58.4 Å². The van der Waals surface area contributed by atoms with E-state index in [2.05, 4.69) is 0 Å². The molecule has 6 unspecified atom stereocenters. The molecule has 1 aromatic carbocycles. The van der Waals surface area contributed by atoms with Crippen LogP contribution in [0.25, 0.3) is 0 Å². The molecule has 0 spiro atoms. The minimum atomic E-state index is -2.06. The summed E-state index contributed by atoms with van der Waals surface area (Å²) in [5.41, 5.74) is -5.06. The van der Waals surface area contributed by atoms with Crippen LogP contribution in [-0.4, -0.2) is 51.7 Å². The smallest absolute Gasteiger partial charge is 0.339 e. The van der Waals surface area contributed by atoms with Crippen molar-refractivity contribution in [2.75, 3.05) is 6.61 Å². The van der Waals surface area contributed by atoms with Gasteiger partial charge in [-0.25, -0.2) is 9.18 Å². The summed E-state index contributed by atoms with van der Waals surface area (Å²) < 4.78 is 23.4. The molecule has 6 nitrogen and oxygen atoms in total. The largest absolute Gasteiger partial charge is 0.446 e. The first-order valence-electron chi connectivity index (χ1n) is 12.7. The lowest BCUT2D eigenvalue weighted by Gasteiger charge is -2.62. The van der Waals surface area contributed by atoms with E-state index in [0.29, 0.717) is 24.8 Å². The molecule has 0 aromatic heterocycles. The minimum Gasteiger partial charge on any atom is -0.446 e. The Morgan fingerprint density at radius 2 is 1.86 bits per heavy atom. The molecule has 0 radical (unpaired) electrons. The Labute approximate surface area is 210 Å². The van der Waals surface area contributed by atoms with Crippen LogP contribution in [0.3, 0.4) is 0 Å². The van der Waals surface area contributed by atoms with Gasteiger partial charge in [0.15, 0.2) is 17.1 Å². The standard InChI is InChI=1S/C29H33FO6/c1-17-13-22-21-10-9-19-14-20(32)11-12-26(19,2)28(21,30)23(33)15-27(22,3)29(17,24(34)16-31)36-25(35)18-7-5-4-6-8-18/h4-8,11-12,14,17,21-23,31,33H,9-10,13,15-16H2,1-3H3/t17?,21?,22?,23?,26?,27?,28-,29-/m0/s1. The van der Waals surface area contributed by atoms with Crippen molar-refractivity contribution in [2.45, 2.75) is 63.8 Å². The Hall–Kier alpha value is -2.64. The van der Waals surface area contributed by atoms with E-state index in [9.17, 15) is 24.6 Å². The number of ether oxygens (including phenoxy) is 1. The number of fused-ring (bicyclic) bond motifs is 5. The average Bonchev–Trinajstić information content (AvgIpc) is 3.07. The van der Waals surface area contributed by atoms with Gasteiger partial charge in [-0.3, -0.25) is 9.59 Å². The zero-order valence-corrected chi connectivity index (χ0v) is 20.9. The molecule has 192 valence electrons. The van der Waals surface area contributed by atoms with Crippen LogP contribution in [0, 0.1) is 28.6 Å². The third-order valence-electron chi connectivity index (χ3n) is 10.0. The molecular formula is C29H33FO6. The number of hydrogen-bond acceptors (Lipinski definition) is 6. The molecule has 4 aliphatic rings. The first kappa shape index (κ1) is 25.0. The fraction of sp³-hybridized carbons (Fsp3) is 0.552. The lowest BCUT2D eigenvalue weighted by Crippen LogP contribution is -2.70. The second-order valence-electron chi connectivity index (χ2n) is 11.5. The van der Waals surface area contributed by atoms with Crippen LogP contribution in [0.2, 0.25) is 0 Å². The summed E-state index contributed by atoms with van der Waals surface area (Å²) in [6, 6.07) is 8.33. The number of allylic oxidation sites excluding steroid dienone is 4. The van der Waals surface area contributed by atoms with E-state index in [0.717, 1.165) is 0 Å². The van der Waals surface area contributed by atoms with Crippen molar-refractivity contribution < 1.29 is 33.7 Å². The van der Waals surface area contributed by atoms with Gasteiger partial charge in [-0.15, -0.1) is 0 Å². The maximum Gasteiger partial charge on any atom is 0.339 e. The number of carbonyl (C=O) groups excluding carboxylic acids is 3. The maximum atomic E-state index is 17.4. The van der Waals surface area contributed by atoms with Crippen molar-refractivity contribution in [3.05, 3.63) is 59.7 Å². The third-order valence-corrected chi connectivity index (χ3v) is 10.0. The number of benzene rings is 1. The van der Waals surface area contributed by atoms with Gasteiger partial charge in [0.05, 0.1) is 11.7 Å². The van der Waals surface area contributed by atoms with Crippen molar-refractivity contribution in [2.24, 2.45) is 28.6 Å². The topological polar surface area (TPSA) is 101 Å². The van der Waals surface area contributed by atoms with Crippen molar-refractivity contribution in [1.82, 2.24) is 0 Å². The van der Waals surface area contributed by atoms with Gasteiger partial charge in [-0.2, -0.15) is 0 Å². The van der Waals surface area contributed by atoms with E-state index >= 15 is 4.39 Å². The summed E-state index contributed by atoms with van der Waals surface area (Å²) in [7, 11) is 0. The lowest BCUT2D eigenvalue weighted by molar-refractivity contribution is -0.219. The van der Waals surface area contributed by atoms with Gasteiger partial charge in [-0.05, 0) is 62.8 Å². The van der Waals surface area contributed by atoms with Crippen LogP contribution in [0.4, 0.5) is 4.39 Å². The molecule has 36 heavy (non-hydrogen) atoms. The van der Waals surface area contributed by atoms with Crippen molar-refractivity contribution in [3.63, 3.8) is 0 Å². The monoisotopic (exact) mass is 496 g/mol. The Morgan fingerprint density at radius 1 is 1.17 bits per heavy atom. The SMILES string of the molecule is CC1CC2C3CCC4=CC(=O)C=CC4(C)[C@@]3(F)C(O)CC2(C)[C@@]1(OC(=O)c1ccccc1)C(=O)CO. The molecular weight excluding hydrogens is 463 g/mol. The van der Waals surface area contributed by atoms with Crippen molar-refractivity contribution in [3.8, 4) is 0 Å². The number of rotatable bonds is 4. The second-order valence-corrected chi connectivity index (χ2v) is 11.5. The van der Waals surface area contributed by atoms with Gasteiger partial charge >= 0.3 is 5.97 Å². The maximum absolute atomic E-state index is 17.4. The van der Waals surface area contributed by atoms with Crippen LogP contribution in [0.1, 0.15) is 56.8 Å². The quantitative estimate of drug-likeness (QED) is 0.616. The van der Waals surface area contributed by atoms with Crippen LogP contribution in [-0.2, 0) is 14.3 Å².